The van der Waals surface area contributed by atoms with Crippen molar-refractivity contribution in [2.45, 2.75) is 29.2 Å². The summed E-state index contributed by atoms with van der Waals surface area (Å²) in [5.41, 5.74) is 1.20. The van der Waals surface area contributed by atoms with Crippen LogP contribution in [0.4, 0.5) is 0 Å². The molecule has 4 rings (SSSR count). The molecule has 0 atom stereocenters. The normalized spacial score (nSPS) is 19.2. The van der Waals surface area contributed by atoms with Crippen LogP contribution in [-0.2, 0) is 26.6 Å². The smallest absolute Gasteiger partial charge is 0.243 e. The van der Waals surface area contributed by atoms with Crippen molar-refractivity contribution in [1.82, 2.24) is 13.5 Å². The van der Waals surface area contributed by atoms with Gasteiger partial charge in [-0.3, -0.25) is 4.90 Å². The van der Waals surface area contributed by atoms with E-state index in [-0.39, 0.29) is 22.2 Å². The van der Waals surface area contributed by atoms with E-state index in [1.54, 1.807) is 0 Å². The number of rotatable bonds is 6. The Labute approximate surface area is 191 Å². The van der Waals surface area contributed by atoms with E-state index in [0.717, 1.165) is 19.4 Å². The van der Waals surface area contributed by atoms with Crippen molar-refractivity contribution in [2.75, 3.05) is 39.3 Å². The minimum Gasteiger partial charge on any atom is -0.296 e. The van der Waals surface area contributed by atoms with Crippen molar-refractivity contribution in [1.29, 1.82) is 0 Å². The maximum absolute atomic E-state index is 13.2. The van der Waals surface area contributed by atoms with Crippen LogP contribution in [0.15, 0.2) is 64.4 Å². The van der Waals surface area contributed by atoms with Gasteiger partial charge in [-0.05, 0) is 36.6 Å². The zero-order valence-corrected chi connectivity index (χ0v) is 19.7. The van der Waals surface area contributed by atoms with Crippen LogP contribution in [0.5, 0.6) is 0 Å². The molecular weight excluding hydrogens is 458 g/mol. The number of hydrogen-bond donors (Lipinski definition) is 0. The lowest BCUT2D eigenvalue weighted by Crippen LogP contribution is -2.48. The van der Waals surface area contributed by atoms with E-state index in [9.17, 15) is 16.8 Å². The maximum atomic E-state index is 13.2. The average Bonchev–Trinajstić information content (AvgIpc) is 3.31. The van der Waals surface area contributed by atoms with Crippen molar-refractivity contribution in [3.05, 3.63) is 60.2 Å². The second kappa shape index (κ2) is 9.97. The summed E-state index contributed by atoms with van der Waals surface area (Å²) < 4.78 is 54.8. The van der Waals surface area contributed by atoms with Crippen molar-refractivity contribution in [3.63, 3.8) is 0 Å². The van der Waals surface area contributed by atoms with Crippen molar-refractivity contribution in [2.24, 2.45) is 0 Å². The summed E-state index contributed by atoms with van der Waals surface area (Å²) >= 11 is 0. The summed E-state index contributed by atoms with van der Waals surface area (Å²) in [5.74, 6) is 0. The Hall–Kier alpha value is -1.49. The summed E-state index contributed by atoms with van der Waals surface area (Å²) in [6, 6.07) is 15.9. The first kappa shape index (κ1) is 24.2. The first-order valence-electron chi connectivity index (χ1n) is 10.2. The standard InChI is InChI=1S/C21H27N3O4S2.ClH/c25-29(26,23-11-4-5-12-23)20-9-6-10-21(17-20)30(27,28)24-15-13-22(14-16-24)18-19-7-2-1-3-8-19;/h1-3,6-10,17H,4-5,11-16,18H2;1H. The topological polar surface area (TPSA) is 78.0 Å². The second-order valence-corrected chi connectivity index (χ2v) is 11.6. The van der Waals surface area contributed by atoms with E-state index in [1.807, 2.05) is 18.2 Å². The number of piperazine rings is 1. The van der Waals surface area contributed by atoms with Gasteiger partial charge < -0.3 is 0 Å². The Morgan fingerprint density at radius 2 is 1.16 bits per heavy atom. The van der Waals surface area contributed by atoms with Gasteiger partial charge in [-0.25, -0.2) is 16.8 Å². The third-order valence-electron chi connectivity index (χ3n) is 5.73. The number of sulfonamides is 2. The Bertz CT molecular complexity index is 1080. The lowest BCUT2D eigenvalue weighted by molar-refractivity contribution is 0.181. The molecule has 10 heteroatoms. The fourth-order valence-electron chi connectivity index (χ4n) is 3.99. The molecule has 2 heterocycles. The number of halogens is 1. The number of hydrogen-bond acceptors (Lipinski definition) is 5. The summed E-state index contributed by atoms with van der Waals surface area (Å²) in [4.78, 5) is 2.32. The Morgan fingerprint density at radius 3 is 1.71 bits per heavy atom. The molecule has 0 radical (unpaired) electrons. The van der Waals surface area contributed by atoms with Gasteiger partial charge in [0.1, 0.15) is 0 Å². The summed E-state index contributed by atoms with van der Waals surface area (Å²) in [5, 5.41) is 0. The van der Waals surface area contributed by atoms with Crippen LogP contribution in [0.2, 0.25) is 0 Å². The molecule has 0 N–H and O–H groups in total. The molecule has 2 aromatic carbocycles. The highest BCUT2D eigenvalue weighted by atomic mass is 35.5. The van der Waals surface area contributed by atoms with E-state index in [0.29, 0.717) is 39.3 Å². The van der Waals surface area contributed by atoms with Gasteiger partial charge >= 0.3 is 0 Å². The van der Waals surface area contributed by atoms with Gasteiger partial charge in [-0.1, -0.05) is 36.4 Å². The van der Waals surface area contributed by atoms with E-state index in [2.05, 4.69) is 17.0 Å². The first-order valence-corrected chi connectivity index (χ1v) is 13.1. The quantitative estimate of drug-likeness (QED) is 0.627. The average molecular weight is 486 g/mol. The van der Waals surface area contributed by atoms with Gasteiger partial charge in [-0.2, -0.15) is 8.61 Å². The molecule has 2 aliphatic rings. The fourth-order valence-corrected chi connectivity index (χ4v) is 7.10. The molecule has 0 unspecified atom stereocenters. The van der Waals surface area contributed by atoms with E-state index in [4.69, 9.17) is 0 Å². The van der Waals surface area contributed by atoms with E-state index < -0.39 is 20.0 Å². The zero-order chi connectivity index (χ0) is 21.2. The van der Waals surface area contributed by atoms with Crippen LogP contribution < -0.4 is 0 Å². The Morgan fingerprint density at radius 1 is 0.645 bits per heavy atom. The van der Waals surface area contributed by atoms with Crippen LogP contribution >= 0.6 is 12.4 Å². The van der Waals surface area contributed by atoms with Gasteiger partial charge in [0.2, 0.25) is 20.0 Å². The molecule has 0 aliphatic carbocycles. The molecule has 2 aromatic rings. The summed E-state index contributed by atoms with van der Waals surface area (Å²) in [7, 11) is -7.39. The van der Waals surface area contributed by atoms with Crippen LogP contribution in [0.25, 0.3) is 0 Å². The largest absolute Gasteiger partial charge is 0.296 e. The molecule has 0 saturated carbocycles. The van der Waals surface area contributed by atoms with E-state index in [1.165, 1.54) is 38.4 Å². The van der Waals surface area contributed by atoms with Crippen molar-refractivity contribution in [3.8, 4) is 0 Å². The van der Waals surface area contributed by atoms with Gasteiger partial charge in [-0.15, -0.1) is 12.4 Å². The number of benzene rings is 2. The molecule has 0 bridgehead atoms. The molecule has 170 valence electrons. The minimum absolute atomic E-state index is 0. The molecule has 31 heavy (non-hydrogen) atoms. The van der Waals surface area contributed by atoms with E-state index >= 15 is 0 Å². The first-order chi connectivity index (χ1) is 14.4. The predicted octanol–water partition coefficient (Wildman–Crippen LogP) is 2.40. The molecule has 2 aliphatic heterocycles. The number of nitrogens with zero attached hydrogens (tertiary/aromatic N) is 3. The molecule has 2 fully saturated rings. The van der Waals surface area contributed by atoms with Crippen LogP contribution in [0.3, 0.4) is 0 Å². The Balaban J connectivity index is 0.00000272. The van der Waals surface area contributed by atoms with Crippen molar-refractivity contribution < 1.29 is 16.8 Å². The lowest BCUT2D eigenvalue weighted by atomic mass is 10.2. The van der Waals surface area contributed by atoms with Gasteiger partial charge in [0.15, 0.2) is 0 Å². The fraction of sp³-hybridized carbons (Fsp3) is 0.429. The third kappa shape index (κ3) is 5.30. The van der Waals surface area contributed by atoms with Crippen molar-refractivity contribution >= 4 is 32.5 Å². The minimum atomic E-state index is -3.74. The Kier molecular flexibility index (Phi) is 7.77. The SMILES string of the molecule is Cl.O=S(=O)(c1cccc(S(=O)(=O)N2CCN(Cc3ccccc3)CC2)c1)N1CCCC1. The molecular formula is C21H28ClN3O4S2. The summed E-state index contributed by atoms with van der Waals surface area (Å²) in [6.07, 6.45) is 1.68. The highest BCUT2D eigenvalue weighted by Gasteiger charge is 2.31. The van der Waals surface area contributed by atoms with Gasteiger partial charge in [0, 0.05) is 45.8 Å². The molecule has 2 saturated heterocycles. The summed E-state index contributed by atoms with van der Waals surface area (Å²) in [6.45, 7) is 3.82. The third-order valence-corrected chi connectivity index (χ3v) is 9.52. The second-order valence-electron chi connectivity index (χ2n) is 7.75. The highest BCUT2D eigenvalue weighted by Crippen LogP contribution is 2.25. The van der Waals surface area contributed by atoms with Crippen LogP contribution in [0.1, 0.15) is 18.4 Å². The lowest BCUT2D eigenvalue weighted by Gasteiger charge is -2.34. The van der Waals surface area contributed by atoms with Gasteiger partial charge in [0.05, 0.1) is 9.79 Å². The zero-order valence-electron chi connectivity index (χ0n) is 17.3. The maximum Gasteiger partial charge on any atom is 0.243 e. The highest BCUT2D eigenvalue weighted by molar-refractivity contribution is 7.90. The molecule has 0 spiro atoms. The monoisotopic (exact) mass is 485 g/mol. The molecule has 0 amide bonds. The molecule has 0 aromatic heterocycles. The van der Waals surface area contributed by atoms with Gasteiger partial charge in [0.25, 0.3) is 0 Å². The predicted molar refractivity (Wildman–Crippen MR) is 122 cm³/mol. The molecule has 7 nitrogen and oxygen atoms in total. The van der Waals surface area contributed by atoms with Crippen LogP contribution in [-0.4, -0.2) is 69.6 Å². The van der Waals surface area contributed by atoms with Crippen LogP contribution in [0, 0.1) is 0 Å².